The second-order valence-corrected chi connectivity index (χ2v) is 12.7. The molecule has 2 heterocycles. The van der Waals surface area contributed by atoms with E-state index in [4.69, 9.17) is 29.8 Å². The Morgan fingerprint density at radius 3 is 2.56 bits per heavy atom. The van der Waals surface area contributed by atoms with Crippen molar-refractivity contribution in [3.05, 3.63) is 95.4 Å². The van der Waals surface area contributed by atoms with E-state index in [9.17, 15) is 17.2 Å². The van der Waals surface area contributed by atoms with Gasteiger partial charge in [-0.3, -0.25) is 13.6 Å². The molecule has 13 heteroatoms. The number of hydrogen-bond donors (Lipinski definition) is 3. The molecule has 3 N–H and O–H groups in total. The molecule has 0 aliphatic carbocycles. The molecule has 0 fully saturated rings. The largest absolute Gasteiger partial charge is 0.748 e. The maximum Gasteiger partial charge on any atom is 0.301 e. The third kappa shape index (κ3) is 7.91. The van der Waals surface area contributed by atoms with Crippen LogP contribution in [0, 0.1) is 0 Å². The molecular formula is C30H32ClN2O8S2+. The second-order valence-electron chi connectivity index (χ2n) is 10.1. The van der Waals surface area contributed by atoms with Gasteiger partial charge in [0.25, 0.3) is 6.23 Å². The van der Waals surface area contributed by atoms with Gasteiger partial charge in [0, 0.05) is 35.7 Å². The van der Waals surface area contributed by atoms with Gasteiger partial charge in [-0.15, -0.1) is 0 Å². The third-order valence-corrected chi connectivity index (χ3v) is 8.59. The molecule has 0 spiro atoms. The Labute approximate surface area is 258 Å². The first-order chi connectivity index (χ1) is 20.6. The molecule has 0 saturated heterocycles. The van der Waals surface area contributed by atoms with E-state index >= 15 is 0 Å². The van der Waals surface area contributed by atoms with Crippen molar-refractivity contribution in [1.82, 2.24) is 0 Å². The standard InChI is InChI=1S/C30H31ClN2O8S2/c1-2-21(17-29-32(13-6-15-39-42(34)35)26-20-24(31)10-12-28(26)41-29)18-30-33(14-16-43(36,37)38)25-19-23(9-11-27(25)40-30)22-7-4-3-5-8-22/h3-5,7-12,17-20,30H,2,6,13-16H2,1H3,(H,34,35)(H,36,37,38)/p+1. The molecule has 0 bridgehead atoms. The van der Waals surface area contributed by atoms with Crippen LogP contribution in [-0.4, -0.2) is 53.4 Å². The molecule has 0 saturated carbocycles. The maximum absolute atomic E-state index is 11.6. The number of benzene rings is 3. The van der Waals surface area contributed by atoms with Crippen LogP contribution in [0.1, 0.15) is 19.8 Å². The fourth-order valence-corrected chi connectivity index (χ4v) is 6.13. The summed E-state index contributed by atoms with van der Waals surface area (Å²) in [5.41, 5.74) is 4.46. The molecule has 2 aliphatic rings. The Morgan fingerprint density at radius 1 is 1.07 bits per heavy atom. The van der Waals surface area contributed by atoms with Gasteiger partial charge in [-0.05, 0) is 41.3 Å². The number of nitrogens with one attached hydrogen (secondary N) is 2. The molecule has 10 nitrogen and oxygen atoms in total. The van der Waals surface area contributed by atoms with Crippen LogP contribution < -0.4 is 19.3 Å². The van der Waals surface area contributed by atoms with Crippen LogP contribution in [-0.2, 0) is 25.7 Å². The highest BCUT2D eigenvalue weighted by Crippen LogP contribution is 2.33. The Bertz CT molecular complexity index is 1660. The highest BCUT2D eigenvalue weighted by Gasteiger charge is 2.37. The Kier molecular flexibility index (Phi) is 9.99. The monoisotopic (exact) mass is 647 g/mol. The van der Waals surface area contributed by atoms with Crippen LogP contribution >= 0.6 is 11.6 Å². The second kappa shape index (κ2) is 13.7. The fraction of sp³-hybridized carbons (Fsp3) is 0.267. The van der Waals surface area contributed by atoms with Crippen LogP contribution in [0.2, 0.25) is 5.02 Å². The highest BCUT2D eigenvalue weighted by molar-refractivity contribution is 7.85. The van der Waals surface area contributed by atoms with E-state index in [1.165, 1.54) is 0 Å². The van der Waals surface area contributed by atoms with Gasteiger partial charge in [0.2, 0.25) is 0 Å². The molecule has 43 heavy (non-hydrogen) atoms. The van der Waals surface area contributed by atoms with Crippen molar-refractivity contribution >= 4 is 44.5 Å². The van der Waals surface area contributed by atoms with E-state index in [0.717, 1.165) is 37.9 Å². The molecule has 0 radical (unpaired) electrons. The van der Waals surface area contributed by atoms with Gasteiger partial charge >= 0.3 is 17.2 Å². The lowest BCUT2D eigenvalue weighted by atomic mass is 10.0. The van der Waals surface area contributed by atoms with E-state index in [0.29, 0.717) is 41.8 Å². The Hall–Kier alpha value is -3.07. The zero-order chi connectivity index (χ0) is 30.6. The van der Waals surface area contributed by atoms with Crippen LogP contribution in [0.5, 0.6) is 11.5 Å². The van der Waals surface area contributed by atoms with Crippen LogP contribution in [0.15, 0.2) is 90.3 Å². The van der Waals surface area contributed by atoms with E-state index in [-0.39, 0.29) is 13.2 Å². The SMILES string of the molecule is CCC(=CC1Oc2ccc(-c3ccccc3)cc2[NH+]1CCS(=O)(=O)[O-])C=C1Oc2ccc(Cl)cc2[NH+]1CCCOS(=O)O. The zero-order valence-electron chi connectivity index (χ0n) is 23.3. The third-order valence-electron chi connectivity index (χ3n) is 7.28. The van der Waals surface area contributed by atoms with Crippen LogP contribution in [0.3, 0.4) is 0 Å². The predicted octanol–water partition coefficient (Wildman–Crippen LogP) is 3.12. The van der Waals surface area contributed by atoms with Crippen molar-refractivity contribution in [3.8, 4) is 22.6 Å². The summed E-state index contributed by atoms with van der Waals surface area (Å²) in [6, 6.07) is 21.0. The summed E-state index contributed by atoms with van der Waals surface area (Å²) in [5, 5.41) is 0.555. The quantitative estimate of drug-likeness (QED) is 0.155. The minimum absolute atomic E-state index is 0.0376. The highest BCUT2D eigenvalue weighted by atomic mass is 35.5. The number of quaternary nitrogens is 2. The fourth-order valence-electron chi connectivity index (χ4n) is 5.23. The molecule has 2 aliphatic heterocycles. The summed E-state index contributed by atoms with van der Waals surface area (Å²) < 4.78 is 72.0. The Morgan fingerprint density at radius 2 is 1.84 bits per heavy atom. The van der Waals surface area contributed by atoms with Crippen molar-refractivity contribution in [2.45, 2.75) is 26.0 Å². The topological polar surface area (TPSA) is 131 Å². The summed E-state index contributed by atoms with van der Waals surface area (Å²) in [7, 11) is -4.45. The lowest BCUT2D eigenvalue weighted by Gasteiger charge is -2.19. The average Bonchev–Trinajstić information content (AvgIpc) is 3.49. The van der Waals surface area contributed by atoms with E-state index in [1.807, 2.05) is 73.7 Å². The summed E-state index contributed by atoms with van der Waals surface area (Å²) in [6.07, 6.45) is 4.35. The van der Waals surface area contributed by atoms with E-state index in [2.05, 4.69) is 0 Å². The van der Waals surface area contributed by atoms with Gasteiger partial charge in [0.05, 0.1) is 25.4 Å². The molecule has 3 aromatic rings. The number of ether oxygens (including phenoxy) is 2. The molecule has 0 amide bonds. The number of hydrogen-bond acceptors (Lipinski definition) is 7. The summed E-state index contributed by atoms with van der Waals surface area (Å²) in [6.45, 7) is 2.63. The smallest absolute Gasteiger partial charge is 0.301 e. The first kappa shape index (κ1) is 31.4. The number of rotatable bonds is 12. The number of fused-ring (bicyclic) bond motifs is 2. The predicted molar refractivity (Wildman–Crippen MR) is 162 cm³/mol. The van der Waals surface area contributed by atoms with Gasteiger partial charge in [-0.1, -0.05) is 54.9 Å². The molecule has 4 unspecified atom stereocenters. The van der Waals surface area contributed by atoms with Gasteiger partial charge in [0.15, 0.2) is 22.9 Å². The van der Waals surface area contributed by atoms with Crippen molar-refractivity contribution < 1.29 is 45.2 Å². The van der Waals surface area contributed by atoms with Crippen molar-refractivity contribution in [2.75, 3.05) is 25.4 Å². The van der Waals surface area contributed by atoms with Gasteiger partial charge in [-0.2, -0.15) is 4.21 Å². The molecule has 228 valence electrons. The van der Waals surface area contributed by atoms with E-state index < -0.39 is 33.5 Å². The average molecular weight is 648 g/mol. The van der Waals surface area contributed by atoms with Crippen molar-refractivity contribution in [2.24, 2.45) is 0 Å². The van der Waals surface area contributed by atoms with Gasteiger partial charge in [0.1, 0.15) is 10.1 Å². The molecule has 0 aromatic heterocycles. The van der Waals surface area contributed by atoms with Crippen LogP contribution in [0.4, 0.5) is 11.4 Å². The maximum atomic E-state index is 11.6. The summed E-state index contributed by atoms with van der Waals surface area (Å²) in [5.74, 6) is 1.35. The molecular weight excluding hydrogens is 616 g/mol. The van der Waals surface area contributed by atoms with Gasteiger partial charge < -0.3 is 14.0 Å². The molecule has 5 rings (SSSR count). The minimum Gasteiger partial charge on any atom is -0.748 e. The lowest BCUT2D eigenvalue weighted by Crippen LogP contribution is -3.10. The number of allylic oxidation sites excluding steroid dienone is 2. The zero-order valence-corrected chi connectivity index (χ0v) is 25.7. The minimum atomic E-state index is -4.45. The normalized spacial score (nSPS) is 21.3. The first-order valence-corrected chi connectivity index (χ1v) is 16.8. The lowest BCUT2D eigenvalue weighted by molar-refractivity contribution is -0.859. The Balaban J connectivity index is 1.45. The number of halogens is 1. The van der Waals surface area contributed by atoms with E-state index in [1.54, 1.807) is 12.1 Å². The molecule has 4 atom stereocenters. The van der Waals surface area contributed by atoms with Crippen molar-refractivity contribution in [1.29, 1.82) is 0 Å². The first-order valence-electron chi connectivity index (χ1n) is 13.8. The van der Waals surface area contributed by atoms with Gasteiger partial charge in [-0.25, -0.2) is 13.3 Å². The summed E-state index contributed by atoms with van der Waals surface area (Å²) >= 11 is 3.94. The molecule has 3 aromatic carbocycles. The van der Waals surface area contributed by atoms with Crippen molar-refractivity contribution in [3.63, 3.8) is 0 Å². The summed E-state index contributed by atoms with van der Waals surface area (Å²) in [4.78, 5) is 1.60. The van der Waals surface area contributed by atoms with Crippen LogP contribution in [0.25, 0.3) is 11.1 Å².